The Balaban J connectivity index is 1.70. The summed E-state index contributed by atoms with van der Waals surface area (Å²) in [7, 11) is 0. The number of carbonyl (C=O) groups excluding carboxylic acids is 2. The van der Waals surface area contributed by atoms with Gasteiger partial charge < -0.3 is 15.1 Å². The second-order valence-corrected chi connectivity index (χ2v) is 5.70. The summed E-state index contributed by atoms with van der Waals surface area (Å²) < 4.78 is 15.4. The van der Waals surface area contributed by atoms with Crippen LogP contribution in [0.15, 0.2) is 24.5 Å². The molecule has 0 radical (unpaired) electrons. The molecule has 0 unspecified atom stereocenters. The second-order valence-electron chi connectivity index (χ2n) is 5.70. The third kappa shape index (κ3) is 3.90. The van der Waals surface area contributed by atoms with Crippen LogP contribution in [0.4, 0.5) is 14.9 Å². The summed E-state index contributed by atoms with van der Waals surface area (Å²) in [6.07, 6.45) is 2.06. The van der Waals surface area contributed by atoms with Gasteiger partial charge in [0, 0.05) is 33.1 Å². The van der Waals surface area contributed by atoms with Crippen molar-refractivity contribution >= 4 is 17.6 Å². The van der Waals surface area contributed by atoms with Gasteiger partial charge in [-0.15, -0.1) is 5.10 Å². The molecule has 1 fully saturated rings. The number of benzene rings is 1. The zero-order chi connectivity index (χ0) is 17.8. The van der Waals surface area contributed by atoms with Gasteiger partial charge in [-0.3, -0.25) is 4.79 Å². The highest BCUT2D eigenvalue weighted by atomic mass is 19.1. The van der Waals surface area contributed by atoms with Gasteiger partial charge in [-0.05, 0) is 35.0 Å². The molecule has 0 aliphatic carbocycles. The summed E-state index contributed by atoms with van der Waals surface area (Å²) in [6.45, 7) is 3.50. The molecule has 0 atom stereocenters. The van der Waals surface area contributed by atoms with E-state index in [2.05, 4.69) is 20.8 Å². The topological polar surface area (TPSA) is 96.2 Å². The number of hydrogen-bond acceptors (Lipinski definition) is 5. The van der Waals surface area contributed by atoms with Crippen LogP contribution in [0, 0.1) is 5.82 Å². The van der Waals surface area contributed by atoms with Crippen LogP contribution in [0.1, 0.15) is 13.3 Å². The van der Waals surface area contributed by atoms with Crippen molar-refractivity contribution in [1.29, 1.82) is 0 Å². The predicted octanol–water partition coefficient (Wildman–Crippen LogP) is 0.887. The van der Waals surface area contributed by atoms with Gasteiger partial charge >= 0.3 is 6.03 Å². The molecule has 132 valence electrons. The van der Waals surface area contributed by atoms with E-state index in [1.54, 1.807) is 9.80 Å². The molecule has 1 N–H and O–H groups in total. The lowest BCUT2D eigenvalue weighted by Gasteiger charge is -2.22. The smallest absolute Gasteiger partial charge is 0.321 e. The Morgan fingerprint density at radius 3 is 2.64 bits per heavy atom. The van der Waals surface area contributed by atoms with Gasteiger partial charge in [0.2, 0.25) is 5.91 Å². The summed E-state index contributed by atoms with van der Waals surface area (Å²) in [5, 5.41) is 13.4. The maximum absolute atomic E-state index is 14.0. The third-order valence-electron chi connectivity index (χ3n) is 4.03. The molecule has 3 amide bonds. The number of rotatable bonds is 2. The minimum atomic E-state index is -0.551. The van der Waals surface area contributed by atoms with Crippen LogP contribution in [0.25, 0.3) is 5.69 Å². The Hall–Kier alpha value is -3.04. The molecule has 9 nitrogen and oxygen atoms in total. The number of nitrogens with one attached hydrogen (secondary N) is 1. The van der Waals surface area contributed by atoms with E-state index in [1.807, 2.05) is 0 Å². The molecule has 2 aromatic rings. The molecule has 0 saturated carbocycles. The van der Waals surface area contributed by atoms with E-state index in [4.69, 9.17) is 0 Å². The minimum Gasteiger partial charge on any atom is -0.341 e. The van der Waals surface area contributed by atoms with E-state index in [0.717, 1.165) is 0 Å². The maximum atomic E-state index is 14.0. The normalized spacial score (nSPS) is 15.0. The summed E-state index contributed by atoms with van der Waals surface area (Å²) >= 11 is 0. The molecule has 0 spiro atoms. The first-order valence-electron chi connectivity index (χ1n) is 7.89. The summed E-state index contributed by atoms with van der Waals surface area (Å²) in [5.74, 6) is -0.562. The first-order valence-corrected chi connectivity index (χ1v) is 7.89. The molecule has 1 aliphatic heterocycles. The van der Waals surface area contributed by atoms with E-state index in [-0.39, 0.29) is 11.6 Å². The van der Waals surface area contributed by atoms with Gasteiger partial charge in [0.05, 0.1) is 11.4 Å². The van der Waals surface area contributed by atoms with Gasteiger partial charge in [-0.25, -0.2) is 13.9 Å². The molecule has 2 heterocycles. The molecule has 0 bridgehead atoms. The van der Waals surface area contributed by atoms with Crippen molar-refractivity contribution in [3.05, 3.63) is 30.3 Å². The fourth-order valence-corrected chi connectivity index (χ4v) is 2.66. The molecule has 1 aromatic heterocycles. The number of halogens is 1. The molecular weight excluding hydrogens is 329 g/mol. The lowest BCUT2D eigenvalue weighted by Crippen LogP contribution is -2.39. The SMILES string of the molecule is CC(=O)N1CCCN(C(=O)Nc2cc(-n3cnnn3)ccc2F)CC1. The first kappa shape index (κ1) is 16.8. The molecule has 3 rings (SSSR count). The van der Waals surface area contributed by atoms with Crippen LogP contribution in [-0.4, -0.2) is 68.1 Å². The summed E-state index contributed by atoms with van der Waals surface area (Å²) in [4.78, 5) is 27.2. The van der Waals surface area contributed by atoms with Crippen molar-refractivity contribution in [2.24, 2.45) is 0 Å². The fourth-order valence-electron chi connectivity index (χ4n) is 2.66. The second kappa shape index (κ2) is 7.24. The third-order valence-corrected chi connectivity index (χ3v) is 4.03. The Labute approximate surface area is 143 Å². The number of tetrazole rings is 1. The van der Waals surface area contributed by atoms with E-state index >= 15 is 0 Å². The van der Waals surface area contributed by atoms with Gasteiger partial charge in [0.15, 0.2) is 0 Å². The number of hydrogen-bond donors (Lipinski definition) is 1. The quantitative estimate of drug-likeness (QED) is 0.870. The lowest BCUT2D eigenvalue weighted by atomic mass is 10.2. The van der Waals surface area contributed by atoms with Crippen molar-refractivity contribution < 1.29 is 14.0 Å². The number of carbonyl (C=O) groups is 2. The number of amides is 3. The van der Waals surface area contributed by atoms with Crippen LogP contribution in [0.3, 0.4) is 0 Å². The molecule has 1 saturated heterocycles. The average molecular weight is 347 g/mol. The van der Waals surface area contributed by atoms with Crippen LogP contribution < -0.4 is 5.32 Å². The molecule has 10 heteroatoms. The summed E-state index contributed by atoms with van der Waals surface area (Å²) in [6, 6.07) is 3.81. The van der Waals surface area contributed by atoms with Crippen LogP contribution in [0.2, 0.25) is 0 Å². The predicted molar refractivity (Wildman–Crippen MR) is 86.6 cm³/mol. The van der Waals surface area contributed by atoms with Gasteiger partial charge in [-0.1, -0.05) is 0 Å². The van der Waals surface area contributed by atoms with E-state index < -0.39 is 11.8 Å². The Morgan fingerprint density at radius 1 is 1.16 bits per heavy atom. The van der Waals surface area contributed by atoms with E-state index in [9.17, 15) is 14.0 Å². The Bertz CT molecular complexity index is 765. The standard InChI is InChI=1S/C15H18FN7O2/c1-11(24)21-5-2-6-22(8-7-21)15(25)18-14-9-12(3-4-13(14)16)23-10-17-19-20-23/h3-4,9-10H,2,5-8H2,1H3,(H,18,25). The molecule has 25 heavy (non-hydrogen) atoms. The minimum absolute atomic E-state index is 0.0116. The van der Waals surface area contributed by atoms with Crippen LogP contribution >= 0.6 is 0 Å². The van der Waals surface area contributed by atoms with Crippen molar-refractivity contribution in [3.8, 4) is 5.69 Å². The zero-order valence-corrected chi connectivity index (χ0v) is 13.7. The number of nitrogens with zero attached hydrogens (tertiary/aromatic N) is 6. The van der Waals surface area contributed by atoms with Crippen LogP contribution in [0.5, 0.6) is 0 Å². The zero-order valence-electron chi connectivity index (χ0n) is 13.7. The molecular formula is C15H18FN7O2. The van der Waals surface area contributed by atoms with Gasteiger partial charge in [-0.2, -0.15) is 0 Å². The van der Waals surface area contributed by atoms with Gasteiger partial charge in [0.1, 0.15) is 12.1 Å². The molecule has 1 aromatic carbocycles. The number of anilines is 1. The molecule has 1 aliphatic rings. The Kier molecular flexibility index (Phi) is 4.87. The lowest BCUT2D eigenvalue weighted by molar-refractivity contribution is -0.128. The number of aromatic nitrogens is 4. The summed E-state index contributed by atoms with van der Waals surface area (Å²) in [5.41, 5.74) is 0.575. The van der Waals surface area contributed by atoms with Gasteiger partial charge in [0.25, 0.3) is 0 Å². The monoisotopic (exact) mass is 347 g/mol. The highest BCUT2D eigenvalue weighted by molar-refractivity contribution is 5.90. The van der Waals surface area contributed by atoms with Crippen molar-refractivity contribution in [3.63, 3.8) is 0 Å². The van der Waals surface area contributed by atoms with E-state index in [0.29, 0.717) is 38.3 Å². The van der Waals surface area contributed by atoms with Crippen molar-refractivity contribution in [1.82, 2.24) is 30.0 Å². The Morgan fingerprint density at radius 2 is 1.92 bits per heavy atom. The maximum Gasteiger partial charge on any atom is 0.321 e. The fraction of sp³-hybridized carbons (Fsp3) is 0.400. The largest absolute Gasteiger partial charge is 0.341 e. The average Bonchev–Trinajstić information content (AvgIpc) is 3.00. The highest BCUT2D eigenvalue weighted by Gasteiger charge is 2.21. The highest BCUT2D eigenvalue weighted by Crippen LogP contribution is 2.19. The van der Waals surface area contributed by atoms with Crippen LogP contribution in [-0.2, 0) is 4.79 Å². The first-order chi connectivity index (χ1) is 12.0. The van der Waals surface area contributed by atoms with E-state index in [1.165, 1.54) is 36.1 Å². The number of urea groups is 1. The van der Waals surface area contributed by atoms with Crippen molar-refractivity contribution in [2.75, 3.05) is 31.5 Å². The van der Waals surface area contributed by atoms with Crippen molar-refractivity contribution in [2.45, 2.75) is 13.3 Å².